The summed E-state index contributed by atoms with van der Waals surface area (Å²) in [6, 6.07) is 4.33. The van der Waals surface area contributed by atoms with Crippen LogP contribution in [-0.4, -0.2) is 39.3 Å². The van der Waals surface area contributed by atoms with Crippen LogP contribution < -0.4 is 10.2 Å². The first-order chi connectivity index (χ1) is 14.7. The topological polar surface area (TPSA) is 54.7 Å². The van der Waals surface area contributed by atoms with Gasteiger partial charge in [0.15, 0.2) is 0 Å². The molecule has 1 fully saturated rings. The van der Waals surface area contributed by atoms with Crippen LogP contribution in [0.1, 0.15) is 55.1 Å². The standard InChI is InChI=1S/C23H31F2N2O3P/c1-22(14-29-2)8-5-15(6-9-22)7-11-27-12-10-26-21(28)20-19(27)17-13-16(23(24,25)31)3-4-18(17)30-20/h3-4,13,15H,5-12,14,31H2,1-2H3,(H,26,28). The Morgan fingerprint density at radius 2 is 2.10 bits per heavy atom. The Labute approximate surface area is 184 Å². The van der Waals surface area contributed by atoms with Gasteiger partial charge < -0.3 is 19.4 Å². The number of nitrogens with one attached hydrogen (secondary N) is 1. The van der Waals surface area contributed by atoms with Gasteiger partial charge in [-0.15, -0.1) is 0 Å². The average Bonchev–Trinajstić information content (AvgIpc) is 3.02. The van der Waals surface area contributed by atoms with Crippen molar-refractivity contribution >= 4 is 31.8 Å². The summed E-state index contributed by atoms with van der Waals surface area (Å²) < 4.78 is 39.0. The quantitative estimate of drug-likeness (QED) is 0.617. The second kappa shape index (κ2) is 8.67. The number of carbonyl (C=O) groups is 1. The Morgan fingerprint density at radius 1 is 1.35 bits per heavy atom. The fraction of sp³-hybridized carbons (Fsp3) is 0.609. The number of methoxy groups -OCH3 is 1. The number of halogens is 2. The second-order valence-corrected chi connectivity index (χ2v) is 10.1. The molecule has 2 aromatic rings. The molecular formula is C23H31F2N2O3P. The van der Waals surface area contributed by atoms with Gasteiger partial charge in [0, 0.05) is 37.7 Å². The zero-order chi connectivity index (χ0) is 22.2. The van der Waals surface area contributed by atoms with Gasteiger partial charge in [0.25, 0.3) is 11.6 Å². The predicted octanol–water partition coefficient (Wildman–Crippen LogP) is 5.14. The van der Waals surface area contributed by atoms with E-state index in [1.165, 1.54) is 18.2 Å². The molecule has 1 saturated carbocycles. The first-order valence-electron chi connectivity index (χ1n) is 11.0. The van der Waals surface area contributed by atoms with E-state index in [0.29, 0.717) is 35.7 Å². The van der Waals surface area contributed by atoms with E-state index in [1.807, 2.05) is 0 Å². The molecule has 1 aliphatic carbocycles. The van der Waals surface area contributed by atoms with Crippen LogP contribution in [-0.2, 0) is 10.4 Å². The van der Waals surface area contributed by atoms with Crippen LogP contribution in [0, 0.1) is 11.3 Å². The molecular weight excluding hydrogens is 421 g/mol. The van der Waals surface area contributed by atoms with Crippen molar-refractivity contribution in [2.75, 3.05) is 38.3 Å². The number of hydrogen-bond acceptors (Lipinski definition) is 4. The molecule has 8 heteroatoms. The zero-order valence-corrected chi connectivity index (χ0v) is 19.3. The highest BCUT2D eigenvalue weighted by molar-refractivity contribution is 7.17. The fourth-order valence-corrected chi connectivity index (χ4v) is 5.15. The molecule has 31 heavy (non-hydrogen) atoms. The van der Waals surface area contributed by atoms with Crippen LogP contribution in [0.3, 0.4) is 0 Å². The van der Waals surface area contributed by atoms with E-state index in [0.717, 1.165) is 45.3 Å². The molecule has 170 valence electrons. The fourth-order valence-electron chi connectivity index (χ4n) is 4.97. The number of nitrogens with zero attached hydrogens (tertiary/aromatic N) is 1. The molecule has 1 aromatic heterocycles. The molecule has 5 nitrogen and oxygen atoms in total. The Hall–Kier alpha value is -1.72. The van der Waals surface area contributed by atoms with Crippen molar-refractivity contribution in [2.45, 2.75) is 44.7 Å². The monoisotopic (exact) mass is 452 g/mol. The third-order valence-electron chi connectivity index (χ3n) is 6.85. The molecule has 0 saturated heterocycles. The average molecular weight is 452 g/mol. The summed E-state index contributed by atoms with van der Waals surface area (Å²) in [5.41, 5.74) is -1.78. The maximum atomic E-state index is 13.9. The van der Waals surface area contributed by atoms with Gasteiger partial charge in [-0.3, -0.25) is 4.79 Å². The van der Waals surface area contributed by atoms with Gasteiger partial charge in [-0.2, -0.15) is 8.78 Å². The van der Waals surface area contributed by atoms with Crippen molar-refractivity contribution in [2.24, 2.45) is 11.3 Å². The lowest BCUT2D eigenvalue weighted by Gasteiger charge is -2.37. The summed E-state index contributed by atoms with van der Waals surface area (Å²) in [6.07, 6.45) is 5.62. The van der Waals surface area contributed by atoms with Crippen LogP contribution in [0.4, 0.5) is 14.5 Å². The maximum Gasteiger partial charge on any atom is 0.289 e. The van der Waals surface area contributed by atoms with Gasteiger partial charge in [0.2, 0.25) is 5.76 Å². The van der Waals surface area contributed by atoms with E-state index in [2.05, 4.69) is 17.1 Å². The Kier molecular flexibility index (Phi) is 6.28. The number of carbonyl (C=O) groups excluding carboxylic acids is 1. The lowest BCUT2D eigenvalue weighted by Crippen LogP contribution is -2.33. The summed E-state index contributed by atoms with van der Waals surface area (Å²) >= 11 is 0. The number of hydrogen-bond donors (Lipinski definition) is 1. The van der Waals surface area contributed by atoms with E-state index in [9.17, 15) is 13.6 Å². The molecule has 1 unspecified atom stereocenters. The highest BCUT2D eigenvalue weighted by Crippen LogP contribution is 2.42. The molecule has 1 aliphatic heterocycles. The summed E-state index contributed by atoms with van der Waals surface area (Å²) in [5.74, 6) is 0.541. The number of ether oxygens (including phenoxy) is 1. The SMILES string of the molecule is COCC1(C)CCC(CCN2CCNC(=O)c3oc4ccc(C(F)(F)P)cc4c32)CC1. The number of amides is 1. The van der Waals surface area contributed by atoms with Crippen molar-refractivity contribution in [1.29, 1.82) is 0 Å². The lowest BCUT2D eigenvalue weighted by atomic mass is 9.71. The normalized spacial score (nSPS) is 24.7. The van der Waals surface area contributed by atoms with Gasteiger partial charge in [0.05, 0.1) is 12.3 Å². The molecule has 1 N–H and O–H groups in total. The highest BCUT2D eigenvalue weighted by Gasteiger charge is 2.33. The highest BCUT2D eigenvalue weighted by atomic mass is 31.0. The van der Waals surface area contributed by atoms with Crippen molar-refractivity contribution in [3.63, 3.8) is 0 Å². The largest absolute Gasteiger partial charge is 0.449 e. The van der Waals surface area contributed by atoms with E-state index >= 15 is 0 Å². The zero-order valence-electron chi connectivity index (χ0n) is 18.2. The van der Waals surface area contributed by atoms with Gasteiger partial charge in [-0.05, 0) is 61.6 Å². The molecule has 2 aliphatic rings. The van der Waals surface area contributed by atoms with Gasteiger partial charge >= 0.3 is 0 Å². The minimum atomic E-state index is -3.03. The van der Waals surface area contributed by atoms with Crippen LogP contribution in [0.25, 0.3) is 11.0 Å². The number of benzene rings is 1. The number of rotatable bonds is 6. The van der Waals surface area contributed by atoms with Crippen molar-refractivity contribution in [3.05, 3.63) is 29.5 Å². The number of furan rings is 1. The molecule has 1 atom stereocenters. The molecule has 0 spiro atoms. The lowest BCUT2D eigenvalue weighted by molar-refractivity contribution is 0.0486. The van der Waals surface area contributed by atoms with Gasteiger partial charge in [-0.1, -0.05) is 16.2 Å². The minimum Gasteiger partial charge on any atom is -0.449 e. The van der Waals surface area contributed by atoms with Crippen LogP contribution in [0.5, 0.6) is 0 Å². The first-order valence-corrected chi connectivity index (χ1v) is 11.5. The molecule has 0 radical (unpaired) electrons. The summed E-state index contributed by atoms with van der Waals surface area (Å²) in [7, 11) is 3.34. The Balaban J connectivity index is 1.56. The smallest absolute Gasteiger partial charge is 0.289 e. The van der Waals surface area contributed by atoms with Crippen molar-refractivity contribution in [3.8, 4) is 0 Å². The Morgan fingerprint density at radius 3 is 2.77 bits per heavy atom. The van der Waals surface area contributed by atoms with Gasteiger partial charge in [-0.25, -0.2) is 0 Å². The van der Waals surface area contributed by atoms with Gasteiger partial charge in [0.1, 0.15) is 5.58 Å². The third-order valence-corrected chi connectivity index (χ3v) is 7.18. The number of alkyl halides is 2. The number of anilines is 1. The van der Waals surface area contributed by atoms with Crippen LogP contribution >= 0.6 is 9.24 Å². The number of fused-ring (bicyclic) bond motifs is 3. The first kappa shape index (κ1) is 22.5. The van der Waals surface area contributed by atoms with Crippen molar-refractivity contribution < 1.29 is 22.7 Å². The molecule has 1 aromatic carbocycles. The van der Waals surface area contributed by atoms with E-state index in [-0.39, 0.29) is 22.6 Å². The second-order valence-electron chi connectivity index (χ2n) is 9.33. The summed E-state index contributed by atoms with van der Waals surface area (Å²) in [4.78, 5) is 14.7. The summed E-state index contributed by atoms with van der Waals surface area (Å²) in [6.45, 7) is 4.99. The third kappa shape index (κ3) is 4.73. The van der Waals surface area contributed by atoms with Crippen molar-refractivity contribution in [1.82, 2.24) is 5.32 Å². The maximum absolute atomic E-state index is 13.9. The Bertz CT molecular complexity index is 948. The van der Waals surface area contributed by atoms with E-state index < -0.39 is 5.66 Å². The summed E-state index contributed by atoms with van der Waals surface area (Å²) in [5, 5.41) is 3.43. The predicted molar refractivity (Wildman–Crippen MR) is 121 cm³/mol. The minimum absolute atomic E-state index is 0.108. The van der Waals surface area contributed by atoms with E-state index in [1.54, 1.807) is 16.3 Å². The molecule has 2 heterocycles. The molecule has 4 rings (SSSR count). The van der Waals surface area contributed by atoms with Crippen LogP contribution in [0.15, 0.2) is 22.6 Å². The molecule has 0 bridgehead atoms. The molecule has 1 amide bonds. The van der Waals surface area contributed by atoms with Crippen LogP contribution in [0.2, 0.25) is 0 Å². The van der Waals surface area contributed by atoms with E-state index in [4.69, 9.17) is 9.15 Å².